The Kier molecular flexibility index (Phi) is 5.06. The molecule has 1 unspecified atom stereocenters. The molecule has 0 N–H and O–H groups in total. The van der Waals surface area contributed by atoms with Crippen LogP contribution in [-0.2, 0) is 19.3 Å². The zero-order valence-corrected chi connectivity index (χ0v) is 18.5. The summed E-state index contributed by atoms with van der Waals surface area (Å²) in [5.41, 5.74) is 3.46. The van der Waals surface area contributed by atoms with Crippen molar-refractivity contribution in [2.45, 2.75) is 46.5 Å². The van der Waals surface area contributed by atoms with E-state index in [0.29, 0.717) is 19.6 Å². The van der Waals surface area contributed by atoms with Crippen LogP contribution in [0.2, 0.25) is 0 Å². The van der Waals surface area contributed by atoms with Crippen molar-refractivity contribution in [1.29, 1.82) is 0 Å². The lowest BCUT2D eigenvalue weighted by atomic mass is 9.89. The summed E-state index contributed by atoms with van der Waals surface area (Å²) < 4.78 is 13.3. The predicted octanol–water partition coefficient (Wildman–Crippen LogP) is 4.85. The van der Waals surface area contributed by atoms with E-state index in [1.54, 1.807) is 6.33 Å². The number of aromatic nitrogens is 4. The van der Waals surface area contributed by atoms with E-state index in [-0.39, 0.29) is 0 Å². The zero-order chi connectivity index (χ0) is 20.7. The number of hydrogen-bond acceptors (Lipinski definition) is 6. The molecule has 1 aliphatic carbocycles. The number of aryl methyl sites for hydroxylation is 1. The molecule has 1 aromatic carbocycles. The molecule has 0 amide bonds. The topological polar surface area (TPSA) is 61.5 Å². The van der Waals surface area contributed by atoms with Gasteiger partial charge in [0.15, 0.2) is 23.0 Å². The summed E-state index contributed by atoms with van der Waals surface area (Å²) in [6.45, 7) is 7.50. The summed E-state index contributed by atoms with van der Waals surface area (Å²) in [6.07, 6.45) is 5.92. The molecule has 0 saturated carbocycles. The Hall–Kier alpha value is -2.67. The Bertz CT molecular complexity index is 1210. The summed E-state index contributed by atoms with van der Waals surface area (Å²) in [6, 6.07) is 6.05. The van der Waals surface area contributed by atoms with Gasteiger partial charge in [0.25, 0.3) is 0 Å². The molecule has 0 spiro atoms. The van der Waals surface area contributed by atoms with E-state index < -0.39 is 0 Å². The van der Waals surface area contributed by atoms with E-state index in [9.17, 15) is 0 Å². The molecule has 1 atom stereocenters. The average molecular weight is 423 g/mol. The largest absolute Gasteiger partial charge is 0.490 e. The van der Waals surface area contributed by atoms with Gasteiger partial charge in [0, 0.05) is 11.3 Å². The molecule has 1 aliphatic rings. The second kappa shape index (κ2) is 7.87. The van der Waals surface area contributed by atoms with E-state index in [2.05, 4.69) is 18.0 Å². The van der Waals surface area contributed by atoms with Crippen molar-refractivity contribution < 1.29 is 9.47 Å². The van der Waals surface area contributed by atoms with Gasteiger partial charge in [-0.3, -0.25) is 0 Å². The lowest BCUT2D eigenvalue weighted by Gasteiger charge is -2.17. The second-order valence-electron chi connectivity index (χ2n) is 7.90. The van der Waals surface area contributed by atoms with Gasteiger partial charge >= 0.3 is 0 Å². The minimum atomic E-state index is 0.599. The van der Waals surface area contributed by atoms with Crippen LogP contribution in [-0.4, -0.2) is 32.8 Å². The van der Waals surface area contributed by atoms with Crippen LogP contribution in [0.25, 0.3) is 15.9 Å². The maximum absolute atomic E-state index is 5.77. The Morgan fingerprint density at radius 1 is 1.17 bits per heavy atom. The monoisotopic (exact) mass is 422 g/mol. The molecule has 4 aromatic rings. The highest BCUT2D eigenvalue weighted by Crippen LogP contribution is 2.38. The molecule has 0 aliphatic heterocycles. The van der Waals surface area contributed by atoms with Gasteiger partial charge in [0.05, 0.1) is 18.6 Å². The van der Waals surface area contributed by atoms with Crippen LogP contribution in [0.3, 0.4) is 0 Å². The molecule has 30 heavy (non-hydrogen) atoms. The molecule has 156 valence electrons. The molecule has 0 saturated heterocycles. The van der Waals surface area contributed by atoms with Crippen LogP contribution in [0, 0.1) is 5.92 Å². The fourth-order valence-electron chi connectivity index (χ4n) is 4.25. The average Bonchev–Trinajstić information content (AvgIpc) is 3.29. The van der Waals surface area contributed by atoms with Gasteiger partial charge in [0.1, 0.15) is 11.2 Å². The summed E-state index contributed by atoms with van der Waals surface area (Å²) in [5.74, 6) is 3.08. The van der Waals surface area contributed by atoms with Crippen LogP contribution < -0.4 is 9.47 Å². The summed E-state index contributed by atoms with van der Waals surface area (Å²) in [4.78, 5) is 12.1. The second-order valence-corrected chi connectivity index (χ2v) is 8.98. The van der Waals surface area contributed by atoms with Crippen LogP contribution in [0.1, 0.15) is 49.0 Å². The first-order chi connectivity index (χ1) is 14.7. The fourth-order valence-corrected chi connectivity index (χ4v) is 5.59. The van der Waals surface area contributed by atoms with Crippen molar-refractivity contribution in [3.8, 4) is 11.5 Å². The van der Waals surface area contributed by atoms with E-state index >= 15 is 0 Å². The lowest BCUT2D eigenvalue weighted by Crippen LogP contribution is -2.08. The van der Waals surface area contributed by atoms with Crippen molar-refractivity contribution in [3.05, 3.63) is 46.4 Å². The van der Waals surface area contributed by atoms with Gasteiger partial charge < -0.3 is 9.47 Å². The number of rotatable bonds is 6. The highest BCUT2D eigenvalue weighted by atomic mass is 32.1. The van der Waals surface area contributed by atoms with Gasteiger partial charge in [-0.2, -0.15) is 0 Å². The Morgan fingerprint density at radius 3 is 2.83 bits per heavy atom. The van der Waals surface area contributed by atoms with Crippen molar-refractivity contribution in [3.63, 3.8) is 0 Å². The third-order valence-electron chi connectivity index (χ3n) is 5.65. The molecule has 3 aromatic heterocycles. The minimum Gasteiger partial charge on any atom is -0.490 e. The van der Waals surface area contributed by atoms with E-state index in [1.807, 2.05) is 41.8 Å². The standard InChI is InChI=1S/C23H26N4O2S/c1-4-28-17-9-7-15(11-18(17)29-5-2)12-20-25-22-21-16-8-6-14(3)10-19(16)30-23(21)24-13-27(22)26-20/h7,9,11,13-14H,4-6,8,10,12H2,1-3H3. The summed E-state index contributed by atoms with van der Waals surface area (Å²) in [7, 11) is 0. The molecular weight excluding hydrogens is 396 g/mol. The fraction of sp³-hybridized carbons (Fsp3) is 0.435. The van der Waals surface area contributed by atoms with E-state index in [4.69, 9.17) is 19.6 Å². The third-order valence-corrected chi connectivity index (χ3v) is 6.81. The normalized spacial score (nSPS) is 16.2. The van der Waals surface area contributed by atoms with Crippen molar-refractivity contribution in [2.24, 2.45) is 5.92 Å². The molecule has 0 radical (unpaired) electrons. The molecule has 0 bridgehead atoms. The molecule has 5 rings (SSSR count). The lowest BCUT2D eigenvalue weighted by molar-refractivity contribution is 0.287. The van der Waals surface area contributed by atoms with E-state index in [0.717, 1.165) is 52.1 Å². The van der Waals surface area contributed by atoms with Gasteiger partial charge in [-0.15, -0.1) is 16.4 Å². The van der Waals surface area contributed by atoms with Crippen LogP contribution in [0.5, 0.6) is 11.5 Å². The first-order valence-electron chi connectivity index (χ1n) is 10.7. The highest BCUT2D eigenvalue weighted by Gasteiger charge is 2.23. The molecule has 0 fully saturated rings. The van der Waals surface area contributed by atoms with Crippen molar-refractivity contribution in [2.75, 3.05) is 13.2 Å². The van der Waals surface area contributed by atoms with Crippen LogP contribution >= 0.6 is 11.3 Å². The first kappa shape index (κ1) is 19.3. The smallest absolute Gasteiger partial charge is 0.167 e. The number of nitrogens with zero attached hydrogens (tertiary/aromatic N) is 4. The molecular formula is C23H26N4O2S. The van der Waals surface area contributed by atoms with Gasteiger partial charge in [-0.25, -0.2) is 14.5 Å². The predicted molar refractivity (Wildman–Crippen MR) is 119 cm³/mol. The van der Waals surface area contributed by atoms with Crippen LogP contribution in [0.4, 0.5) is 0 Å². The van der Waals surface area contributed by atoms with Gasteiger partial charge in [0.2, 0.25) is 0 Å². The number of ether oxygens (including phenoxy) is 2. The van der Waals surface area contributed by atoms with Gasteiger partial charge in [-0.1, -0.05) is 13.0 Å². The SMILES string of the molecule is CCOc1ccc(Cc2nc3c4c5c(sc4ncn3n2)CC(C)CC5)cc1OCC. The first-order valence-corrected chi connectivity index (χ1v) is 11.5. The highest BCUT2D eigenvalue weighted by molar-refractivity contribution is 7.19. The van der Waals surface area contributed by atoms with E-state index in [1.165, 1.54) is 22.2 Å². The number of fused-ring (bicyclic) bond motifs is 5. The van der Waals surface area contributed by atoms with Gasteiger partial charge in [-0.05, 0) is 62.3 Å². The Labute approximate surface area is 179 Å². The summed E-state index contributed by atoms with van der Waals surface area (Å²) >= 11 is 1.82. The molecule has 6 nitrogen and oxygen atoms in total. The summed E-state index contributed by atoms with van der Waals surface area (Å²) in [5, 5.41) is 5.91. The van der Waals surface area contributed by atoms with Crippen molar-refractivity contribution in [1.82, 2.24) is 19.6 Å². The zero-order valence-electron chi connectivity index (χ0n) is 17.6. The molecule has 3 heterocycles. The third kappa shape index (κ3) is 3.41. The quantitative estimate of drug-likeness (QED) is 0.444. The maximum Gasteiger partial charge on any atom is 0.167 e. The minimum absolute atomic E-state index is 0.599. The number of hydrogen-bond donors (Lipinski definition) is 0. The van der Waals surface area contributed by atoms with Crippen molar-refractivity contribution >= 4 is 27.2 Å². The number of thiophene rings is 1. The van der Waals surface area contributed by atoms with Crippen LogP contribution in [0.15, 0.2) is 24.5 Å². The maximum atomic E-state index is 5.77. The molecule has 7 heteroatoms. The Balaban J connectivity index is 1.51. The number of benzene rings is 1. The Morgan fingerprint density at radius 2 is 2.00 bits per heavy atom.